The van der Waals surface area contributed by atoms with Crippen LogP contribution in [0.4, 0.5) is 5.69 Å². The first kappa shape index (κ1) is 14.2. The minimum Gasteiger partial charge on any atom is -0.381 e. The van der Waals surface area contributed by atoms with Crippen molar-refractivity contribution in [3.8, 4) is 6.07 Å². The number of nitrogens with zero attached hydrogens (tertiary/aromatic N) is 1. The van der Waals surface area contributed by atoms with Gasteiger partial charge in [0.15, 0.2) is 0 Å². The van der Waals surface area contributed by atoms with E-state index in [2.05, 4.69) is 23.6 Å². The molecule has 0 aliphatic carbocycles. The van der Waals surface area contributed by atoms with Crippen LogP contribution in [-0.4, -0.2) is 18.6 Å². The summed E-state index contributed by atoms with van der Waals surface area (Å²) in [7, 11) is 0. The number of hydrogen-bond donors (Lipinski definition) is 2. The monoisotopic (exact) mass is 277 g/mol. The van der Waals surface area contributed by atoms with E-state index in [0.29, 0.717) is 22.7 Å². The van der Waals surface area contributed by atoms with Gasteiger partial charge in [0.05, 0.1) is 11.3 Å². The van der Waals surface area contributed by atoms with Gasteiger partial charge in [-0.1, -0.05) is 18.0 Å². The molecule has 4 heteroatoms. The standard InChI is InChI=1S/C15H20ClN3/c1-11(8-14-4-2-3-7-18-14)19-15-9-13(16)6-5-12(15)10-17/h5-6,9,11,14,18-19H,2-4,7-8H2,1H3. The molecule has 1 aromatic rings. The third kappa shape index (κ3) is 4.12. The Balaban J connectivity index is 1.96. The number of nitriles is 1. The van der Waals surface area contributed by atoms with Crippen molar-refractivity contribution in [2.75, 3.05) is 11.9 Å². The Morgan fingerprint density at radius 3 is 3.05 bits per heavy atom. The maximum absolute atomic E-state index is 9.10. The molecule has 1 heterocycles. The molecule has 19 heavy (non-hydrogen) atoms. The van der Waals surface area contributed by atoms with Crippen molar-refractivity contribution in [1.29, 1.82) is 5.26 Å². The molecular weight excluding hydrogens is 258 g/mol. The molecule has 2 N–H and O–H groups in total. The van der Waals surface area contributed by atoms with Crippen LogP contribution < -0.4 is 10.6 Å². The van der Waals surface area contributed by atoms with Crippen molar-refractivity contribution in [3.63, 3.8) is 0 Å². The third-order valence-corrected chi connectivity index (χ3v) is 3.79. The zero-order valence-corrected chi connectivity index (χ0v) is 12.0. The Morgan fingerprint density at radius 2 is 2.37 bits per heavy atom. The van der Waals surface area contributed by atoms with Gasteiger partial charge < -0.3 is 10.6 Å². The lowest BCUT2D eigenvalue weighted by Crippen LogP contribution is -2.37. The fourth-order valence-corrected chi connectivity index (χ4v) is 2.78. The summed E-state index contributed by atoms with van der Waals surface area (Å²) in [6, 6.07) is 8.43. The lowest BCUT2D eigenvalue weighted by Gasteiger charge is -2.27. The van der Waals surface area contributed by atoms with Crippen molar-refractivity contribution in [3.05, 3.63) is 28.8 Å². The smallest absolute Gasteiger partial charge is 0.101 e. The molecule has 2 unspecified atom stereocenters. The number of hydrogen-bond acceptors (Lipinski definition) is 3. The summed E-state index contributed by atoms with van der Waals surface area (Å²) in [5.41, 5.74) is 1.48. The van der Waals surface area contributed by atoms with E-state index < -0.39 is 0 Å². The van der Waals surface area contributed by atoms with Gasteiger partial charge in [0.2, 0.25) is 0 Å². The van der Waals surface area contributed by atoms with Gasteiger partial charge in [-0.3, -0.25) is 0 Å². The van der Waals surface area contributed by atoms with Gasteiger partial charge in [0, 0.05) is 17.1 Å². The first-order valence-corrected chi connectivity index (χ1v) is 7.26. The fraction of sp³-hybridized carbons (Fsp3) is 0.533. The molecule has 0 aromatic heterocycles. The van der Waals surface area contributed by atoms with E-state index in [1.165, 1.54) is 19.3 Å². The van der Waals surface area contributed by atoms with Crippen LogP contribution in [0.25, 0.3) is 0 Å². The van der Waals surface area contributed by atoms with Crippen LogP contribution in [-0.2, 0) is 0 Å². The number of nitrogens with one attached hydrogen (secondary N) is 2. The molecule has 1 fully saturated rings. The molecule has 0 spiro atoms. The summed E-state index contributed by atoms with van der Waals surface area (Å²) in [4.78, 5) is 0. The number of anilines is 1. The van der Waals surface area contributed by atoms with Gasteiger partial charge in [-0.2, -0.15) is 5.26 Å². The van der Waals surface area contributed by atoms with Crippen LogP contribution in [0, 0.1) is 11.3 Å². The van der Waals surface area contributed by atoms with E-state index in [1.54, 1.807) is 12.1 Å². The van der Waals surface area contributed by atoms with Crippen molar-refractivity contribution in [1.82, 2.24) is 5.32 Å². The highest BCUT2D eigenvalue weighted by Gasteiger charge is 2.16. The quantitative estimate of drug-likeness (QED) is 0.885. The zero-order chi connectivity index (χ0) is 13.7. The van der Waals surface area contributed by atoms with Crippen LogP contribution in [0.3, 0.4) is 0 Å². The van der Waals surface area contributed by atoms with Gasteiger partial charge in [-0.15, -0.1) is 0 Å². The Morgan fingerprint density at radius 1 is 1.53 bits per heavy atom. The summed E-state index contributed by atoms with van der Waals surface area (Å²) in [5, 5.41) is 16.7. The molecule has 1 aliphatic rings. The maximum atomic E-state index is 9.10. The number of halogens is 1. The van der Waals surface area contributed by atoms with Crippen LogP contribution in [0.2, 0.25) is 5.02 Å². The van der Waals surface area contributed by atoms with Crippen molar-refractivity contribution in [2.45, 2.75) is 44.7 Å². The lowest BCUT2D eigenvalue weighted by molar-refractivity contribution is 0.371. The molecule has 3 nitrogen and oxygen atoms in total. The van der Waals surface area contributed by atoms with Crippen molar-refractivity contribution in [2.24, 2.45) is 0 Å². The molecule has 1 aliphatic heterocycles. The van der Waals surface area contributed by atoms with Crippen LogP contribution in [0.5, 0.6) is 0 Å². The minimum absolute atomic E-state index is 0.321. The lowest BCUT2D eigenvalue weighted by atomic mass is 9.98. The van der Waals surface area contributed by atoms with Gasteiger partial charge in [0.1, 0.15) is 6.07 Å². The summed E-state index contributed by atoms with van der Waals surface area (Å²) in [6.45, 7) is 3.27. The SMILES string of the molecule is CC(CC1CCCCN1)Nc1cc(Cl)ccc1C#N. The normalized spacial score (nSPS) is 20.6. The van der Waals surface area contributed by atoms with Gasteiger partial charge in [-0.05, 0) is 50.9 Å². The van der Waals surface area contributed by atoms with Crippen LogP contribution >= 0.6 is 11.6 Å². The van der Waals surface area contributed by atoms with E-state index in [-0.39, 0.29) is 0 Å². The average Bonchev–Trinajstić information content (AvgIpc) is 2.40. The van der Waals surface area contributed by atoms with Crippen LogP contribution in [0.1, 0.15) is 38.2 Å². The average molecular weight is 278 g/mol. The molecule has 2 atom stereocenters. The second kappa shape index (κ2) is 6.79. The molecule has 1 aromatic carbocycles. The molecular formula is C15H20ClN3. The first-order chi connectivity index (χ1) is 9.19. The summed E-state index contributed by atoms with van der Waals surface area (Å²) in [6.07, 6.45) is 4.90. The summed E-state index contributed by atoms with van der Waals surface area (Å²) >= 11 is 5.99. The van der Waals surface area contributed by atoms with Gasteiger partial charge in [0.25, 0.3) is 0 Å². The van der Waals surface area contributed by atoms with E-state index in [1.807, 2.05) is 6.07 Å². The Labute approximate surface area is 120 Å². The molecule has 0 amide bonds. The predicted octanol–water partition coefficient (Wildman–Crippen LogP) is 3.54. The Bertz CT molecular complexity index is 461. The highest BCUT2D eigenvalue weighted by atomic mass is 35.5. The molecule has 0 bridgehead atoms. The molecule has 0 radical (unpaired) electrons. The van der Waals surface area contributed by atoms with Gasteiger partial charge in [-0.25, -0.2) is 0 Å². The van der Waals surface area contributed by atoms with E-state index in [4.69, 9.17) is 16.9 Å². The highest BCUT2D eigenvalue weighted by molar-refractivity contribution is 6.30. The third-order valence-electron chi connectivity index (χ3n) is 3.55. The second-order valence-electron chi connectivity index (χ2n) is 5.23. The molecule has 1 saturated heterocycles. The Kier molecular flexibility index (Phi) is 5.07. The zero-order valence-electron chi connectivity index (χ0n) is 11.2. The molecule has 102 valence electrons. The number of rotatable bonds is 4. The highest BCUT2D eigenvalue weighted by Crippen LogP contribution is 2.22. The largest absolute Gasteiger partial charge is 0.381 e. The van der Waals surface area contributed by atoms with E-state index >= 15 is 0 Å². The molecule has 0 saturated carbocycles. The van der Waals surface area contributed by atoms with E-state index in [9.17, 15) is 0 Å². The Hall–Kier alpha value is -1.24. The maximum Gasteiger partial charge on any atom is 0.101 e. The van der Waals surface area contributed by atoms with Gasteiger partial charge >= 0.3 is 0 Å². The van der Waals surface area contributed by atoms with Crippen molar-refractivity contribution < 1.29 is 0 Å². The summed E-state index contributed by atoms with van der Waals surface area (Å²) in [5.74, 6) is 0. The topological polar surface area (TPSA) is 47.8 Å². The van der Waals surface area contributed by atoms with Crippen molar-refractivity contribution >= 4 is 17.3 Å². The first-order valence-electron chi connectivity index (χ1n) is 6.88. The van der Waals surface area contributed by atoms with E-state index in [0.717, 1.165) is 18.7 Å². The fourth-order valence-electron chi connectivity index (χ4n) is 2.61. The molecule has 2 rings (SSSR count). The predicted molar refractivity (Wildman–Crippen MR) is 79.5 cm³/mol. The van der Waals surface area contributed by atoms with Crippen LogP contribution in [0.15, 0.2) is 18.2 Å². The summed E-state index contributed by atoms with van der Waals surface area (Å²) < 4.78 is 0. The number of piperidine rings is 1. The second-order valence-corrected chi connectivity index (χ2v) is 5.67. The minimum atomic E-state index is 0.321. The number of benzene rings is 1.